The van der Waals surface area contributed by atoms with E-state index in [1.54, 1.807) is 4.54 Å². The highest BCUT2D eigenvalue weighted by Crippen LogP contribution is 2.60. The molecule has 0 aliphatic rings. The SMILES string of the molecule is CN(C)P(Cl)(=C([Si](C)(C)C)[Si](C)(C)C)N(C)C. The average molecular weight is 313 g/mol. The lowest BCUT2D eigenvalue weighted by molar-refractivity contribution is 0.585. The van der Waals surface area contributed by atoms with E-state index < -0.39 is 22.7 Å². The summed E-state index contributed by atoms with van der Waals surface area (Å²) in [5.74, 6) is 0. The van der Waals surface area contributed by atoms with Crippen molar-refractivity contribution in [2.75, 3.05) is 28.2 Å². The van der Waals surface area contributed by atoms with Crippen LogP contribution in [0, 0.1) is 0 Å². The lowest BCUT2D eigenvalue weighted by Gasteiger charge is -2.44. The van der Waals surface area contributed by atoms with E-state index in [1.807, 2.05) is 0 Å². The fourth-order valence-corrected chi connectivity index (χ4v) is 27.0. The van der Waals surface area contributed by atoms with Crippen LogP contribution in [-0.4, -0.2) is 58.2 Å². The highest BCUT2D eigenvalue weighted by molar-refractivity contribution is 8.01. The van der Waals surface area contributed by atoms with Gasteiger partial charge >= 0.3 is 0 Å². The highest BCUT2D eigenvalue weighted by atomic mass is 35.7. The van der Waals surface area contributed by atoms with Gasteiger partial charge in [0.05, 0.1) is 22.7 Å². The molecule has 0 saturated heterocycles. The summed E-state index contributed by atoms with van der Waals surface area (Å²) in [7, 11) is 5.76. The lowest BCUT2D eigenvalue weighted by atomic mass is 11.3. The van der Waals surface area contributed by atoms with Crippen LogP contribution in [0.1, 0.15) is 0 Å². The summed E-state index contributed by atoms with van der Waals surface area (Å²) in [4.78, 5) is 0. The first-order chi connectivity index (χ1) is 7.25. The molecule has 0 rings (SSSR count). The maximum Gasteiger partial charge on any atom is 0.0931 e. The number of rotatable bonds is 4. The largest absolute Gasteiger partial charge is 0.267 e. The first-order valence-electron chi connectivity index (χ1n) is 6.08. The molecule has 0 atom stereocenters. The minimum Gasteiger partial charge on any atom is -0.267 e. The Labute approximate surface area is 115 Å². The molecule has 0 aromatic heterocycles. The quantitative estimate of drug-likeness (QED) is 0.571. The zero-order chi connectivity index (χ0) is 14.2. The van der Waals surface area contributed by atoms with Crippen LogP contribution >= 0.6 is 17.8 Å². The molecular formula is C11H30ClN2PSi2. The van der Waals surface area contributed by atoms with Crippen molar-refractivity contribution in [3.8, 4) is 0 Å². The molecule has 2 nitrogen and oxygen atoms in total. The third-order valence-corrected chi connectivity index (χ3v) is 21.9. The van der Waals surface area contributed by atoms with Gasteiger partial charge < -0.3 is 0 Å². The monoisotopic (exact) mass is 312 g/mol. The molecule has 0 N–H and O–H groups in total. The summed E-state index contributed by atoms with van der Waals surface area (Å²) < 4.78 is 6.25. The van der Waals surface area contributed by atoms with Crippen molar-refractivity contribution >= 4 is 38.5 Å². The Morgan fingerprint density at radius 2 is 1.00 bits per heavy atom. The first kappa shape index (κ1) is 17.9. The molecule has 0 bridgehead atoms. The summed E-state index contributed by atoms with van der Waals surface area (Å²) in [5.41, 5.74) is 0. The Morgan fingerprint density at radius 3 is 1.06 bits per heavy atom. The summed E-state index contributed by atoms with van der Waals surface area (Å²) >= 11 is 7.14. The van der Waals surface area contributed by atoms with Crippen molar-refractivity contribution in [3.05, 3.63) is 0 Å². The Morgan fingerprint density at radius 1 is 0.765 bits per heavy atom. The second kappa shape index (κ2) is 5.52. The van der Waals surface area contributed by atoms with Crippen LogP contribution in [0.5, 0.6) is 0 Å². The van der Waals surface area contributed by atoms with Crippen LogP contribution in [0.15, 0.2) is 0 Å². The Bertz CT molecular complexity index is 299. The second-order valence-corrected chi connectivity index (χ2v) is 22.9. The molecule has 104 valence electrons. The Kier molecular flexibility index (Phi) is 5.82. The fraction of sp³-hybridized carbons (Fsp3) is 0.909. The van der Waals surface area contributed by atoms with E-state index in [0.29, 0.717) is 0 Å². The van der Waals surface area contributed by atoms with Crippen molar-refractivity contribution in [3.63, 3.8) is 0 Å². The fourth-order valence-electron chi connectivity index (χ4n) is 2.74. The molecule has 0 aromatic rings. The number of halogens is 1. The lowest BCUT2D eigenvalue weighted by Crippen LogP contribution is -2.52. The summed E-state index contributed by atoms with van der Waals surface area (Å²) in [6.45, 7) is 12.8. The summed E-state index contributed by atoms with van der Waals surface area (Å²) in [6, 6.07) is 0. The van der Waals surface area contributed by atoms with E-state index in [-0.39, 0.29) is 0 Å². The topological polar surface area (TPSA) is 6.48 Å². The van der Waals surface area contributed by atoms with Gasteiger partial charge in [0.15, 0.2) is 0 Å². The third-order valence-electron chi connectivity index (χ3n) is 2.77. The molecule has 0 fully saturated rings. The van der Waals surface area contributed by atoms with E-state index in [2.05, 4.69) is 76.8 Å². The maximum absolute atomic E-state index is 7.14. The number of hydrogen-bond donors (Lipinski definition) is 0. The van der Waals surface area contributed by atoms with Gasteiger partial charge in [0, 0.05) is 0 Å². The van der Waals surface area contributed by atoms with E-state index in [9.17, 15) is 0 Å². The smallest absolute Gasteiger partial charge is 0.0931 e. The van der Waals surface area contributed by atoms with Gasteiger partial charge in [-0.2, -0.15) is 0 Å². The average Bonchev–Trinajstić information content (AvgIpc) is 1.96. The molecule has 0 unspecified atom stereocenters. The minimum absolute atomic E-state index is 1.37. The molecule has 0 aromatic carbocycles. The molecule has 6 heteroatoms. The van der Waals surface area contributed by atoms with Gasteiger partial charge in [-0.05, 0) is 28.2 Å². The minimum atomic E-state index is -1.79. The van der Waals surface area contributed by atoms with Crippen LogP contribution in [0.2, 0.25) is 39.3 Å². The summed E-state index contributed by atoms with van der Waals surface area (Å²) in [5, 5.41) is 0. The van der Waals surface area contributed by atoms with Gasteiger partial charge in [-0.25, -0.2) is 0 Å². The van der Waals surface area contributed by atoms with Crippen molar-refractivity contribution in [2.24, 2.45) is 0 Å². The molecule has 17 heavy (non-hydrogen) atoms. The zero-order valence-electron chi connectivity index (χ0n) is 13.2. The van der Waals surface area contributed by atoms with Crippen LogP contribution in [0.4, 0.5) is 0 Å². The van der Waals surface area contributed by atoms with E-state index >= 15 is 0 Å². The molecular weight excluding hydrogens is 283 g/mol. The molecule has 0 aliphatic carbocycles. The molecule has 0 saturated carbocycles. The second-order valence-electron chi connectivity index (χ2n) is 7.07. The Balaban J connectivity index is 6.37. The molecule has 0 spiro atoms. The predicted molar refractivity (Wildman–Crippen MR) is 91.8 cm³/mol. The van der Waals surface area contributed by atoms with Gasteiger partial charge in [-0.3, -0.25) is 9.34 Å². The highest BCUT2D eigenvalue weighted by Gasteiger charge is 2.40. The Hall–Kier alpha value is 0.944. The van der Waals surface area contributed by atoms with Crippen molar-refractivity contribution in [1.82, 2.24) is 9.34 Å². The van der Waals surface area contributed by atoms with Crippen molar-refractivity contribution < 1.29 is 0 Å². The van der Waals surface area contributed by atoms with Gasteiger partial charge in [0.25, 0.3) is 0 Å². The van der Waals surface area contributed by atoms with Crippen LogP contribution < -0.4 is 0 Å². The number of hydrogen-bond acceptors (Lipinski definition) is 2. The van der Waals surface area contributed by atoms with Gasteiger partial charge in [-0.1, -0.05) is 55.1 Å². The zero-order valence-corrected chi connectivity index (χ0v) is 16.9. The predicted octanol–water partition coefficient (Wildman–Crippen LogP) is 4.04. The third kappa shape index (κ3) is 3.95. The van der Waals surface area contributed by atoms with E-state index in [4.69, 9.17) is 11.2 Å². The first-order valence-corrected chi connectivity index (χ1v) is 15.7. The van der Waals surface area contributed by atoms with Crippen molar-refractivity contribution in [2.45, 2.75) is 39.3 Å². The van der Waals surface area contributed by atoms with Crippen LogP contribution in [0.25, 0.3) is 0 Å². The van der Waals surface area contributed by atoms with E-state index in [1.165, 1.54) is 0 Å². The van der Waals surface area contributed by atoms with Crippen LogP contribution in [0.3, 0.4) is 0 Å². The van der Waals surface area contributed by atoms with Crippen molar-refractivity contribution in [1.29, 1.82) is 0 Å². The van der Waals surface area contributed by atoms with Crippen LogP contribution in [-0.2, 0) is 0 Å². The number of nitrogens with zero attached hydrogens (tertiary/aromatic N) is 2. The molecule has 0 aliphatic heterocycles. The summed E-state index contributed by atoms with van der Waals surface area (Å²) in [6.07, 6.45) is 0. The molecule has 0 amide bonds. The maximum atomic E-state index is 7.14. The molecule has 0 radical (unpaired) electrons. The molecule has 0 heterocycles. The van der Waals surface area contributed by atoms with E-state index in [0.717, 1.165) is 0 Å². The van der Waals surface area contributed by atoms with Gasteiger partial charge in [0.2, 0.25) is 0 Å². The van der Waals surface area contributed by atoms with Gasteiger partial charge in [0.1, 0.15) is 0 Å². The van der Waals surface area contributed by atoms with Gasteiger partial charge in [-0.15, -0.1) is 0 Å². The standard InChI is InChI=1S/C11H30ClN2PSi2/c1-13(2)15(12,14(3)4)11(16(5,6)7)17(8,9)10/h1-10H3. The normalized spacial score (nSPS) is 14.6.